The lowest BCUT2D eigenvalue weighted by Gasteiger charge is -2.11. The van der Waals surface area contributed by atoms with Crippen LogP contribution in [-0.4, -0.2) is 15.0 Å². The molecule has 6 heteroatoms. The van der Waals surface area contributed by atoms with Gasteiger partial charge in [-0.1, -0.05) is 23.4 Å². The van der Waals surface area contributed by atoms with E-state index in [0.717, 1.165) is 22.2 Å². The van der Waals surface area contributed by atoms with Crippen LogP contribution >= 0.6 is 11.6 Å². The van der Waals surface area contributed by atoms with Crippen molar-refractivity contribution >= 4 is 34.0 Å². The lowest BCUT2D eigenvalue weighted by molar-refractivity contribution is 0.480. The number of hydrogen-bond acceptors (Lipinski definition) is 5. The lowest BCUT2D eigenvalue weighted by Crippen LogP contribution is -1.97. The molecule has 0 saturated heterocycles. The summed E-state index contributed by atoms with van der Waals surface area (Å²) in [7, 11) is 0. The quantitative estimate of drug-likeness (QED) is 0.440. The van der Waals surface area contributed by atoms with Crippen LogP contribution in [0.2, 0.25) is 5.02 Å². The molecule has 0 fully saturated rings. The monoisotopic (exact) mass is 399 g/mol. The summed E-state index contributed by atoms with van der Waals surface area (Å²) >= 11 is 6.40. The third kappa shape index (κ3) is 4.45. The minimum Gasteiger partial charge on any atom is -0.454 e. The highest BCUT2D eigenvalue weighted by Crippen LogP contribution is 2.33. The Morgan fingerprint density at radius 2 is 2.03 bits per heavy atom. The molecule has 4 rings (SSSR count). The molecule has 29 heavy (non-hydrogen) atoms. The van der Waals surface area contributed by atoms with Crippen molar-refractivity contribution in [1.29, 1.82) is 0 Å². The molecule has 0 spiro atoms. The Morgan fingerprint density at radius 1 is 1.10 bits per heavy atom. The van der Waals surface area contributed by atoms with Crippen molar-refractivity contribution in [1.82, 2.24) is 15.0 Å². The molecule has 0 amide bonds. The number of rotatable bonds is 4. The third-order valence-electron chi connectivity index (χ3n) is 4.05. The van der Waals surface area contributed by atoms with Gasteiger partial charge in [0, 0.05) is 29.3 Å². The largest absolute Gasteiger partial charge is 0.454 e. The van der Waals surface area contributed by atoms with Gasteiger partial charge in [-0.05, 0) is 55.5 Å². The fourth-order valence-corrected chi connectivity index (χ4v) is 2.95. The first kappa shape index (κ1) is 18.7. The summed E-state index contributed by atoms with van der Waals surface area (Å²) < 4.78 is 5.77. The highest BCUT2D eigenvalue weighted by molar-refractivity contribution is 6.32. The van der Waals surface area contributed by atoms with E-state index in [-0.39, 0.29) is 0 Å². The highest BCUT2D eigenvalue weighted by Gasteiger charge is 2.08. The molecular weight excluding hydrogens is 384 g/mol. The van der Waals surface area contributed by atoms with Gasteiger partial charge in [0.05, 0.1) is 16.7 Å². The number of anilines is 2. The van der Waals surface area contributed by atoms with Crippen LogP contribution in [0.15, 0.2) is 67.3 Å². The number of ether oxygens (including phenoxy) is 1. The maximum Gasteiger partial charge on any atom is 0.146 e. The van der Waals surface area contributed by atoms with Gasteiger partial charge in [0.1, 0.15) is 23.6 Å². The van der Waals surface area contributed by atoms with Crippen molar-refractivity contribution in [2.45, 2.75) is 6.42 Å². The molecule has 0 unspecified atom stereocenters. The Hall–Kier alpha value is -3.62. The van der Waals surface area contributed by atoms with Crippen LogP contribution in [0.3, 0.4) is 0 Å². The molecule has 2 aromatic carbocycles. The predicted molar refractivity (Wildman–Crippen MR) is 115 cm³/mol. The van der Waals surface area contributed by atoms with Crippen molar-refractivity contribution < 1.29 is 4.74 Å². The summed E-state index contributed by atoms with van der Waals surface area (Å²) in [5.74, 6) is 7.89. The van der Waals surface area contributed by atoms with E-state index in [9.17, 15) is 0 Å². The Bertz CT molecular complexity index is 1220. The summed E-state index contributed by atoms with van der Waals surface area (Å²) in [4.78, 5) is 12.7. The van der Waals surface area contributed by atoms with Gasteiger partial charge in [-0.25, -0.2) is 9.97 Å². The topological polar surface area (TPSA) is 59.9 Å². The molecule has 0 aliphatic rings. The van der Waals surface area contributed by atoms with E-state index in [1.165, 1.54) is 6.33 Å². The fraction of sp³-hybridized carbons (Fsp3) is 0.0435. The molecule has 0 saturated carbocycles. The number of aromatic nitrogens is 3. The van der Waals surface area contributed by atoms with E-state index < -0.39 is 0 Å². The maximum atomic E-state index is 6.40. The normalized spacial score (nSPS) is 10.3. The number of hydrogen-bond donors (Lipinski definition) is 1. The molecule has 0 aliphatic heterocycles. The molecule has 1 N–H and O–H groups in total. The zero-order valence-electron chi connectivity index (χ0n) is 15.4. The second kappa shape index (κ2) is 8.59. The molecule has 141 valence electrons. The number of nitrogens with one attached hydrogen (secondary N) is 1. The average Bonchev–Trinajstić information content (AvgIpc) is 2.75. The third-order valence-corrected chi connectivity index (χ3v) is 4.35. The summed E-state index contributed by atoms with van der Waals surface area (Å²) in [5, 5.41) is 4.64. The Labute approximate surface area is 173 Å². The summed E-state index contributed by atoms with van der Waals surface area (Å²) in [6.45, 7) is 3.74. The molecule has 0 atom stereocenters. The van der Waals surface area contributed by atoms with Crippen LogP contribution in [0.5, 0.6) is 11.5 Å². The van der Waals surface area contributed by atoms with E-state index in [0.29, 0.717) is 28.8 Å². The Kier molecular flexibility index (Phi) is 5.55. The SMILES string of the molecule is [CH2]CC#Cc1ccc2ncnc(Nc3ccc(Oc4cccnc4)c(Cl)c3)c2c1. The zero-order valence-corrected chi connectivity index (χ0v) is 16.1. The minimum atomic E-state index is 0.471. The molecule has 2 heterocycles. The van der Waals surface area contributed by atoms with E-state index >= 15 is 0 Å². The van der Waals surface area contributed by atoms with Crippen molar-refractivity contribution in [2.24, 2.45) is 0 Å². The van der Waals surface area contributed by atoms with Crippen molar-refractivity contribution in [3.63, 3.8) is 0 Å². The van der Waals surface area contributed by atoms with Crippen molar-refractivity contribution in [3.05, 3.63) is 84.8 Å². The summed E-state index contributed by atoms with van der Waals surface area (Å²) in [6, 6.07) is 14.9. The molecule has 4 aromatic rings. The first-order valence-corrected chi connectivity index (χ1v) is 9.28. The molecule has 0 aliphatic carbocycles. The number of benzene rings is 2. The zero-order chi connectivity index (χ0) is 20.1. The van der Waals surface area contributed by atoms with Gasteiger partial charge in [-0.3, -0.25) is 4.98 Å². The van der Waals surface area contributed by atoms with E-state index in [1.54, 1.807) is 30.6 Å². The van der Waals surface area contributed by atoms with Gasteiger partial charge in [0.2, 0.25) is 0 Å². The van der Waals surface area contributed by atoms with Gasteiger partial charge < -0.3 is 10.1 Å². The number of halogens is 1. The van der Waals surface area contributed by atoms with E-state index in [2.05, 4.69) is 39.0 Å². The van der Waals surface area contributed by atoms with Gasteiger partial charge in [0.25, 0.3) is 0 Å². The smallest absolute Gasteiger partial charge is 0.146 e. The molecule has 5 nitrogen and oxygen atoms in total. The lowest BCUT2D eigenvalue weighted by atomic mass is 10.1. The summed E-state index contributed by atoms with van der Waals surface area (Å²) in [5.41, 5.74) is 2.49. The predicted octanol–water partition coefficient (Wildman–Crippen LogP) is 5.79. The van der Waals surface area contributed by atoms with Crippen LogP contribution < -0.4 is 10.1 Å². The second-order valence-corrected chi connectivity index (χ2v) is 6.47. The Morgan fingerprint density at radius 3 is 2.83 bits per heavy atom. The minimum absolute atomic E-state index is 0.471. The first-order valence-electron chi connectivity index (χ1n) is 8.90. The molecular formula is C23H16ClN4O. The van der Waals surface area contributed by atoms with Crippen LogP contribution in [0.25, 0.3) is 10.9 Å². The molecule has 0 bridgehead atoms. The fourth-order valence-electron chi connectivity index (χ4n) is 2.73. The molecule has 1 radical (unpaired) electrons. The number of pyridine rings is 1. The standard InChI is InChI=1S/C23H16ClN4O/c1-2-3-5-16-7-9-21-19(12-16)23(27-15-26-21)28-17-8-10-22(20(24)13-17)29-18-6-4-11-25-14-18/h4,6-15H,1-2H2,(H,26,27,28). The molecule has 2 aromatic heterocycles. The average molecular weight is 400 g/mol. The van der Waals surface area contributed by atoms with E-state index in [4.69, 9.17) is 16.3 Å². The van der Waals surface area contributed by atoms with Crippen molar-refractivity contribution in [3.8, 4) is 23.3 Å². The second-order valence-electron chi connectivity index (χ2n) is 6.07. The van der Waals surface area contributed by atoms with Crippen LogP contribution in [0, 0.1) is 18.8 Å². The van der Waals surface area contributed by atoms with Gasteiger partial charge in [-0.15, -0.1) is 0 Å². The first-order chi connectivity index (χ1) is 14.2. The summed E-state index contributed by atoms with van der Waals surface area (Å²) in [6.07, 6.45) is 5.39. The highest BCUT2D eigenvalue weighted by atomic mass is 35.5. The maximum absolute atomic E-state index is 6.40. The van der Waals surface area contributed by atoms with Crippen LogP contribution in [-0.2, 0) is 0 Å². The van der Waals surface area contributed by atoms with Crippen molar-refractivity contribution in [2.75, 3.05) is 5.32 Å². The number of nitrogens with zero attached hydrogens (tertiary/aromatic N) is 3. The van der Waals surface area contributed by atoms with Crippen LogP contribution in [0.1, 0.15) is 12.0 Å². The Balaban J connectivity index is 1.62. The van der Waals surface area contributed by atoms with Gasteiger partial charge in [0.15, 0.2) is 0 Å². The van der Waals surface area contributed by atoms with Gasteiger partial charge >= 0.3 is 0 Å². The number of fused-ring (bicyclic) bond motifs is 1. The van der Waals surface area contributed by atoms with Crippen LogP contribution in [0.4, 0.5) is 11.5 Å². The van der Waals surface area contributed by atoms with Gasteiger partial charge in [-0.2, -0.15) is 0 Å². The van der Waals surface area contributed by atoms with E-state index in [1.807, 2.05) is 30.3 Å².